The molecule has 0 aliphatic heterocycles. The highest BCUT2D eigenvalue weighted by Crippen LogP contribution is 2.33. The fourth-order valence-corrected chi connectivity index (χ4v) is 2.10. The van der Waals surface area contributed by atoms with Crippen LogP contribution in [0.3, 0.4) is 0 Å². The van der Waals surface area contributed by atoms with Crippen molar-refractivity contribution in [1.29, 1.82) is 0 Å². The van der Waals surface area contributed by atoms with Gasteiger partial charge >= 0.3 is 0 Å². The van der Waals surface area contributed by atoms with Gasteiger partial charge in [-0.3, -0.25) is 14.9 Å². The molecule has 0 radical (unpaired) electrons. The van der Waals surface area contributed by atoms with Crippen LogP contribution in [0.1, 0.15) is 18.0 Å². The van der Waals surface area contributed by atoms with Crippen LogP contribution in [0, 0.1) is 10.1 Å². The van der Waals surface area contributed by atoms with E-state index in [4.69, 9.17) is 11.5 Å². The molecular weight excluding hydrogens is 246 g/mol. The number of nitro groups is 1. The Bertz CT molecular complexity index is 655. The van der Waals surface area contributed by atoms with E-state index in [0.29, 0.717) is 10.9 Å². The second-order valence-electron chi connectivity index (χ2n) is 4.26. The summed E-state index contributed by atoms with van der Waals surface area (Å²) in [7, 11) is 0. The molecule has 6 heteroatoms. The summed E-state index contributed by atoms with van der Waals surface area (Å²) in [6.45, 7) is 0. The molecule has 0 saturated heterocycles. The SMILES string of the molecule is NC(=O)CC(N)c1ccc2ccccc2c1[N+](=O)[O-]. The summed E-state index contributed by atoms with van der Waals surface area (Å²) in [6.07, 6.45) is -0.126. The second kappa shape index (κ2) is 5.03. The number of nitrogens with two attached hydrogens (primary N) is 2. The van der Waals surface area contributed by atoms with Crippen molar-refractivity contribution in [3.8, 4) is 0 Å². The molecule has 4 N–H and O–H groups in total. The first-order chi connectivity index (χ1) is 9.00. The number of carbonyl (C=O) groups is 1. The van der Waals surface area contributed by atoms with Crippen LogP contribution in [0.4, 0.5) is 5.69 Å². The first-order valence-electron chi connectivity index (χ1n) is 5.70. The summed E-state index contributed by atoms with van der Waals surface area (Å²) in [4.78, 5) is 21.7. The molecule has 0 fully saturated rings. The van der Waals surface area contributed by atoms with Crippen LogP contribution in [0.2, 0.25) is 0 Å². The predicted molar refractivity (Wildman–Crippen MR) is 71.3 cm³/mol. The van der Waals surface area contributed by atoms with Gasteiger partial charge in [-0.2, -0.15) is 0 Å². The van der Waals surface area contributed by atoms with Gasteiger partial charge in [0, 0.05) is 18.0 Å². The first kappa shape index (κ1) is 13.0. The van der Waals surface area contributed by atoms with Crippen molar-refractivity contribution in [3.05, 3.63) is 52.1 Å². The molecule has 0 heterocycles. The number of nitrogens with zero attached hydrogens (tertiary/aromatic N) is 1. The zero-order valence-electron chi connectivity index (χ0n) is 10.1. The minimum Gasteiger partial charge on any atom is -0.370 e. The van der Waals surface area contributed by atoms with Gasteiger partial charge in [0.05, 0.1) is 10.3 Å². The average molecular weight is 259 g/mol. The number of nitro benzene ring substituents is 1. The number of carbonyl (C=O) groups excluding carboxylic acids is 1. The highest BCUT2D eigenvalue weighted by Gasteiger charge is 2.23. The largest absolute Gasteiger partial charge is 0.370 e. The van der Waals surface area contributed by atoms with E-state index in [1.165, 1.54) is 0 Å². The van der Waals surface area contributed by atoms with Crippen LogP contribution in [-0.2, 0) is 4.79 Å². The van der Waals surface area contributed by atoms with E-state index in [2.05, 4.69) is 0 Å². The Hall–Kier alpha value is -2.47. The van der Waals surface area contributed by atoms with Crippen molar-refractivity contribution in [3.63, 3.8) is 0 Å². The third-order valence-corrected chi connectivity index (χ3v) is 2.93. The van der Waals surface area contributed by atoms with Gasteiger partial charge in [0.1, 0.15) is 0 Å². The molecule has 6 nitrogen and oxygen atoms in total. The number of fused-ring (bicyclic) bond motifs is 1. The van der Waals surface area contributed by atoms with E-state index < -0.39 is 16.9 Å². The highest BCUT2D eigenvalue weighted by molar-refractivity contribution is 5.92. The number of amides is 1. The lowest BCUT2D eigenvalue weighted by atomic mass is 9.97. The average Bonchev–Trinajstić information content (AvgIpc) is 2.36. The first-order valence-corrected chi connectivity index (χ1v) is 5.70. The molecule has 0 aromatic heterocycles. The van der Waals surface area contributed by atoms with Crippen LogP contribution in [-0.4, -0.2) is 10.8 Å². The lowest BCUT2D eigenvalue weighted by Gasteiger charge is -2.12. The molecule has 1 amide bonds. The van der Waals surface area contributed by atoms with Crippen LogP contribution in [0.25, 0.3) is 10.8 Å². The molecule has 0 spiro atoms. The zero-order chi connectivity index (χ0) is 14.0. The fraction of sp³-hybridized carbons (Fsp3) is 0.154. The predicted octanol–water partition coefficient (Wildman–Crippen LogP) is 1.62. The van der Waals surface area contributed by atoms with Gasteiger partial charge in [0.2, 0.25) is 5.91 Å². The molecule has 1 unspecified atom stereocenters. The van der Waals surface area contributed by atoms with E-state index in [0.717, 1.165) is 5.39 Å². The van der Waals surface area contributed by atoms with Gasteiger partial charge in [0.25, 0.3) is 5.69 Å². The van der Waals surface area contributed by atoms with Gasteiger partial charge in [-0.05, 0) is 17.5 Å². The Balaban J connectivity index is 2.64. The maximum Gasteiger partial charge on any atom is 0.281 e. The Labute approximate surface area is 109 Å². The standard InChI is InChI=1S/C13H13N3O3/c14-11(7-12(15)17)10-6-5-8-3-1-2-4-9(8)13(10)16(18)19/h1-6,11H,7,14H2,(H2,15,17). The number of rotatable bonds is 4. The van der Waals surface area contributed by atoms with Gasteiger partial charge < -0.3 is 11.5 Å². The Morgan fingerprint density at radius 3 is 2.58 bits per heavy atom. The molecule has 0 aliphatic rings. The lowest BCUT2D eigenvalue weighted by Crippen LogP contribution is -2.21. The minimum atomic E-state index is -0.775. The third kappa shape index (κ3) is 2.53. The molecule has 0 aliphatic carbocycles. The van der Waals surface area contributed by atoms with E-state index >= 15 is 0 Å². The molecular formula is C13H13N3O3. The normalized spacial score (nSPS) is 12.3. The molecule has 2 rings (SSSR count). The molecule has 0 bridgehead atoms. The summed E-state index contributed by atoms with van der Waals surface area (Å²) >= 11 is 0. The van der Waals surface area contributed by atoms with Crippen LogP contribution in [0.5, 0.6) is 0 Å². The van der Waals surface area contributed by atoms with Crippen LogP contribution in [0.15, 0.2) is 36.4 Å². The molecule has 1 atom stereocenters. The smallest absolute Gasteiger partial charge is 0.281 e. The van der Waals surface area contributed by atoms with Crippen molar-refractivity contribution >= 4 is 22.4 Å². The van der Waals surface area contributed by atoms with Crippen molar-refractivity contribution in [2.24, 2.45) is 11.5 Å². The zero-order valence-corrected chi connectivity index (χ0v) is 10.1. The van der Waals surface area contributed by atoms with Crippen molar-refractivity contribution in [2.45, 2.75) is 12.5 Å². The Morgan fingerprint density at radius 1 is 1.26 bits per heavy atom. The van der Waals surface area contributed by atoms with Crippen molar-refractivity contribution in [2.75, 3.05) is 0 Å². The summed E-state index contributed by atoms with van der Waals surface area (Å²) in [5.41, 5.74) is 11.2. The maximum absolute atomic E-state index is 11.3. The van der Waals surface area contributed by atoms with Crippen molar-refractivity contribution < 1.29 is 9.72 Å². The third-order valence-electron chi connectivity index (χ3n) is 2.93. The van der Waals surface area contributed by atoms with Gasteiger partial charge in [-0.15, -0.1) is 0 Å². The van der Waals surface area contributed by atoms with Gasteiger partial charge in [-0.25, -0.2) is 0 Å². The topological polar surface area (TPSA) is 112 Å². The van der Waals surface area contributed by atoms with Crippen LogP contribution < -0.4 is 11.5 Å². The van der Waals surface area contributed by atoms with E-state index in [9.17, 15) is 14.9 Å². The molecule has 2 aromatic rings. The minimum absolute atomic E-state index is 0.0631. The van der Waals surface area contributed by atoms with Gasteiger partial charge in [-0.1, -0.05) is 24.3 Å². The summed E-state index contributed by atoms with van der Waals surface area (Å²) in [5.74, 6) is -0.588. The molecule has 2 aromatic carbocycles. The van der Waals surface area contributed by atoms with Crippen LogP contribution >= 0.6 is 0 Å². The lowest BCUT2D eigenvalue weighted by molar-refractivity contribution is -0.383. The quantitative estimate of drug-likeness (QED) is 0.641. The number of primary amides is 1. The Kier molecular flexibility index (Phi) is 3.43. The number of hydrogen-bond acceptors (Lipinski definition) is 4. The number of hydrogen-bond donors (Lipinski definition) is 2. The Morgan fingerprint density at radius 2 is 1.95 bits per heavy atom. The van der Waals surface area contributed by atoms with E-state index in [1.807, 2.05) is 0 Å². The van der Waals surface area contributed by atoms with Gasteiger partial charge in [0.15, 0.2) is 0 Å². The molecule has 98 valence electrons. The second-order valence-corrected chi connectivity index (χ2v) is 4.26. The summed E-state index contributed by atoms with van der Waals surface area (Å²) < 4.78 is 0. The summed E-state index contributed by atoms with van der Waals surface area (Å²) in [5, 5.41) is 12.5. The molecule has 0 saturated carbocycles. The van der Waals surface area contributed by atoms with Crippen molar-refractivity contribution in [1.82, 2.24) is 0 Å². The fourth-order valence-electron chi connectivity index (χ4n) is 2.10. The molecule has 19 heavy (non-hydrogen) atoms. The number of benzene rings is 2. The summed E-state index contributed by atoms with van der Waals surface area (Å²) in [6, 6.07) is 9.52. The maximum atomic E-state index is 11.3. The monoisotopic (exact) mass is 259 g/mol. The highest BCUT2D eigenvalue weighted by atomic mass is 16.6. The van der Waals surface area contributed by atoms with E-state index in [-0.39, 0.29) is 12.1 Å². The van der Waals surface area contributed by atoms with E-state index in [1.54, 1.807) is 36.4 Å².